The Morgan fingerprint density at radius 3 is 2.76 bits per heavy atom. The van der Waals surface area contributed by atoms with Gasteiger partial charge in [-0.1, -0.05) is 28.1 Å². The molecule has 1 atom stereocenters. The second-order valence-corrected chi connectivity index (χ2v) is 4.68. The summed E-state index contributed by atoms with van der Waals surface area (Å²) in [5, 5.41) is 10.1. The van der Waals surface area contributed by atoms with Gasteiger partial charge in [0.1, 0.15) is 5.75 Å². The Hall–Kier alpha value is -1.03. The molecule has 1 aromatic rings. The number of rotatable bonds is 5. The Morgan fingerprint density at radius 1 is 1.53 bits per heavy atom. The number of halogens is 1. The number of aromatic hydroxyl groups is 1. The number of amides is 1. The summed E-state index contributed by atoms with van der Waals surface area (Å²) in [5.74, 6) is 0.360. The molecule has 0 fully saturated rings. The maximum absolute atomic E-state index is 11.9. The molecule has 94 valence electrons. The van der Waals surface area contributed by atoms with Crippen molar-refractivity contribution in [3.63, 3.8) is 0 Å². The molecule has 3 nitrogen and oxygen atoms in total. The molecule has 0 aliphatic heterocycles. The lowest BCUT2D eigenvalue weighted by Crippen LogP contribution is -2.33. The first-order valence-corrected chi connectivity index (χ1v) is 6.86. The monoisotopic (exact) mass is 299 g/mol. The third-order valence-electron chi connectivity index (χ3n) is 2.79. The molecule has 0 spiro atoms. The van der Waals surface area contributed by atoms with Gasteiger partial charge in [-0.2, -0.15) is 0 Å². The van der Waals surface area contributed by atoms with Crippen LogP contribution < -0.4 is 0 Å². The minimum atomic E-state index is -0.0151. The number of hydrogen-bond donors (Lipinski definition) is 1. The van der Waals surface area contributed by atoms with Crippen LogP contribution in [0.15, 0.2) is 24.3 Å². The van der Waals surface area contributed by atoms with E-state index in [0.717, 1.165) is 5.56 Å². The van der Waals surface area contributed by atoms with Crippen LogP contribution in [-0.4, -0.2) is 27.8 Å². The molecular formula is C13H18BrNO2. The number of phenolic OH excluding ortho intramolecular Hbond substituents is 1. The zero-order chi connectivity index (χ0) is 12.8. The summed E-state index contributed by atoms with van der Waals surface area (Å²) in [7, 11) is 0. The minimum absolute atomic E-state index is 0.0151. The summed E-state index contributed by atoms with van der Waals surface area (Å²) >= 11 is 3.28. The molecule has 1 N–H and O–H groups in total. The van der Waals surface area contributed by atoms with Gasteiger partial charge in [-0.3, -0.25) is 4.79 Å². The number of carbonyl (C=O) groups excluding carboxylic acids is 1. The number of phenols is 1. The van der Waals surface area contributed by atoms with Crippen molar-refractivity contribution in [3.05, 3.63) is 29.8 Å². The second-order valence-electron chi connectivity index (χ2n) is 3.89. The van der Waals surface area contributed by atoms with Crippen molar-refractivity contribution in [3.8, 4) is 5.75 Å². The second kappa shape index (κ2) is 6.64. The van der Waals surface area contributed by atoms with Gasteiger partial charge in [-0.15, -0.1) is 0 Å². The Balaban J connectivity index is 2.85. The lowest BCUT2D eigenvalue weighted by atomic mass is 10.1. The summed E-state index contributed by atoms with van der Waals surface area (Å²) in [6, 6.07) is 7.04. The molecular weight excluding hydrogens is 282 g/mol. The maximum Gasteiger partial charge on any atom is 0.223 e. The predicted molar refractivity (Wildman–Crippen MR) is 72.3 cm³/mol. The molecule has 0 bridgehead atoms. The van der Waals surface area contributed by atoms with Gasteiger partial charge >= 0.3 is 0 Å². The molecule has 0 saturated carbocycles. The topological polar surface area (TPSA) is 40.5 Å². The summed E-state index contributed by atoms with van der Waals surface area (Å²) < 4.78 is 0. The number of nitrogens with zero attached hydrogens (tertiary/aromatic N) is 1. The molecule has 0 saturated heterocycles. The van der Waals surface area contributed by atoms with Crippen LogP contribution in [0.25, 0.3) is 0 Å². The SMILES string of the molecule is CCN(C(=O)CCBr)C(C)c1cccc(O)c1. The van der Waals surface area contributed by atoms with Crippen LogP contribution >= 0.6 is 15.9 Å². The van der Waals surface area contributed by atoms with Gasteiger partial charge in [0, 0.05) is 18.3 Å². The van der Waals surface area contributed by atoms with Crippen LogP contribution in [-0.2, 0) is 4.79 Å². The predicted octanol–water partition coefficient (Wildman–Crippen LogP) is 3.09. The molecule has 0 aliphatic carbocycles. The third-order valence-corrected chi connectivity index (χ3v) is 3.19. The molecule has 1 rings (SSSR count). The van der Waals surface area contributed by atoms with Crippen molar-refractivity contribution in [1.82, 2.24) is 4.90 Å². The third kappa shape index (κ3) is 3.73. The highest BCUT2D eigenvalue weighted by atomic mass is 79.9. The molecule has 1 unspecified atom stereocenters. The highest BCUT2D eigenvalue weighted by Gasteiger charge is 2.19. The molecule has 17 heavy (non-hydrogen) atoms. The van der Waals surface area contributed by atoms with Crippen molar-refractivity contribution in [2.45, 2.75) is 26.3 Å². The number of alkyl halides is 1. The molecule has 4 heteroatoms. The first-order valence-electron chi connectivity index (χ1n) is 5.74. The van der Waals surface area contributed by atoms with Crippen molar-refractivity contribution >= 4 is 21.8 Å². The summed E-state index contributed by atoms with van der Waals surface area (Å²) in [6.07, 6.45) is 0.497. The van der Waals surface area contributed by atoms with Gasteiger partial charge in [0.2, 0.25) is 5.91 Å². The quantitative estimate of drug-likeness (QED) is 0.849. The largest absolute Gasteiger partial charge is 0.508 e. The van der Waals surface area contributed by atoms with E-state index in [-0.39, 0.29) is 17.7 Å². The van der Waals surface area contributed by atoms with Gasteiger partial charge in [0.05, 0.1) is 6.04 Å². The van der Waals surface area contributed by atoms with Gasteiger partial charge in [-0.05, 0) is 31.5 Å². The van der Waals surface area contributed by atoms with Gasteiger partial charge in [-0.25, -0.2) is 0 Å². The summed E-state index contributed by atoms with van der Waals surface area (Å²) in [5.41, 5.74) is 0.953. The van der Waals surface area contributed by atoms with Crippen molar-refractivity contribution in [1.29, 1.82) is 0 Å². The number of benzene rings is 1. The summed E-state index contributed by atoms with van der Waals surface area (Å²) in [6.45, 7) is 4.61. The average Bonchev–Trinajstić information content (AvgIpc) is 2.30. The smallest absolute Gasteiger partial charge is 0.223 e. The van der Waals surface area contributed by atoms with E-state index in [2.05, 4.69) is 15.9 Å². The standard InChI is InChI=1S/C13H18BrNO2/c1-3-15(13(17)7-8-14)10(2)11-5-4-6-12(16)9-11/h4-6,9-10,16H,3,7-8H2,1-2H3. The van der Waals surface area contributed by atoms with Crippen LogP contribution in [0, 0.1) is 0 Å². The van der Waals surface area contributed by atoms with E-state index in [1.54, 1.807) is 18.2 Å². The number of hydrogen-bond acceptors (Lipinski definition) is 2. The lowest BCUT2D eigenvalue weighted by Gasteiger charge is -2.28. The Morgan fingerprint density at radius 2 is 2.24 bits per heavy atom. The van der Waals surface area contributed by atoms with Crippen LogP contribution in [0.4, 0.5) is 0 Å². The van der Waals surface area contributed by atoms with E-state index in [1.165, 1.54) is 0 Å². The van der Waals surface area contributed by atoms with Crippen LogP contribution in [0.5, 0.6) is 5.75 Å². The first-order chi connectivity index (χ1) is 8.10. The Labute approximate surface area is 111 Å². The zero-order valence-electron chi connectivity index (χ0n) is 10.2. The van der Waals surface area contributed by atoms with E-state index < -0.39 is 0 Å². The van der Waals surface area contributed by atoms with Crippen molar-refractivity contribution < 1.29 is 9.90 Å². The van der Waals surface area contributed by atoms with Crippen LogP contribution in [0.2, 0.25) is 0 Å². The van der Waals surface area contributed by atoms with E-state index in [0.29, 0.717) is 18.3 Å². The fraction of sp³-hybridized carbons (Fsp3) is 0.462. The Bertz CT molecular complexity index is 381. The van der Waals surface area contributed by atoms with Crippen LogP contribution in [0.1, 0.15) is 31.9 Å². The molecule has 0 aliphatic rings. The van der Waals surface area contributed by atoms with E-state index in [9.17, 15) is 9.90 Å². The highest BCUT2D eigenvalue weighted by molar-refractivity contribution is 9.09. The van der Waals surface area contributed by atoms with E-state index in [1.807, 2.05) is 24.8 Å². The molecule has 0 heterocycles. The Kier molecular flexibility index (Phi) is 5.48. The van der Waals surface area contributed by atoms with E-state index >= 15 is 0 Å². The normalized spacial score (nSPS) is 12.2. The first kappa shape index (κ1) is 14.0. The number of carbonyl (C=O) groups is 1. The van der Waals surface area contributed by atoms with Gasteiger partial charge in [0.25, 0.3) is 0 Å². The average molecular weight is 300 g/mol. The maximum atomic E-state index is 11.9. The minimum Gasteiger partial charge on any atom is -0.508 e. The van der Waals surface area contributed by atoms with Crippen molar-refractivity contribution in [2.24, 2.45) is 0 Å². The highest BCUT2D eigenvalue weighted by Crippen LogP contribution is 2.23. The van der Waals surface area contributed by atoms with Gasteiger partial charge in [0.15, 0.2) is 0 Å². The van der Waals surface area contributed by atoms with Crippen LogP contribution in [0.3, 0.4) is 0 Å². The molecule has 0 aromatic heterocycles. The fourth-order valence-electron chi connectivity index (χ4n) is 1.86. The van der Waals surface area contributed by atoms with E-state index in [4.69, 9.17) is 0 Å². The lowest BCUT2D eigenvalue weighted by molar-refractivity contribution is -0.132. The fourth-order valence-corrected chi connectivity index (χ4v) is 2.19. The van der Waals surface area contributed by atoms with Crippen molar-refractivity contribution in [2.75, 3.05) is 11.9 Å². The summed E-state index contributed by atoms with van der Waals surface area (Å²) in [4.78, 5) is 13.7. The molecule has 1 aromatic carbocycles. The zero-order valence-corrected chi connectivity index (χ0v) is 11.8. The van der Waals surface area contributed by atoms with Gasteiger partial charge < -0.3 is 10.0 Å². The molecule has 0 radical (unpaired) electrons. The molecule has 1 amide bonds.